The van der Waals surface area contributed by atoms with Crippen molar-refractivity contribution in [3.05, 3.63) is 34.4 Å². The summed E-state index contributed by atoms with van der Waals surface area (Å²) in [7, 11) is 0. The maximum Gasteiger partial charge on any atom is 0.273 e. The molecule has 1 aromatic rings. The Labute approximate surface area is 111 Å². The van der Waals surface area contributed by atoms with Gasteiger partial charge in [0.05, 0.1) is 17.6 Å². The van der Waals surface area contributed by atoms with Crippen LogP contribution in [0.1, 0.15) is 12.8 Å². The molecule has 0 spiro atoms. The van der Waals surface area contributed by atoms with Gasteiger partial charge in [0.2, 0.25) is 0 Å². The van der Waals surface area contributed by atoms with E-state index in [0.29, 0.717) is 12.4 Å². The van der Waals surface area contributed by atoms with Gasteiger partial charge in [0.25, 0.3) is 5.69 Å². The van der Waals surface area contributed by atoms with Gasteiger partial charge in [-0.3, -0.25) is 15.0 Å². The normalized spacial score (nSPS) is 19.5. The lowest BCUT2D eigenvalue weighted by Crippen LogP contribution is -2.35. The Hall–Kier alpha value is -1.66. The Morgan fingerprint density at radius 2 is 2.37 bits per heavy atom. The predicted octanol–water partition coefficient (Wildman–Crippen LogP) is 1.43. The summed E-state index contributed by atoms with van der Waals surface area (Å²) in [6.07, 6.45) is 2.12. The van der Waals surface area contributed by atoms with Crippen LogP contribution in [-0.4, -0.2) is 47.3 Å². The molecule has 6 heteroatoms. The van der Waals surface area contributed by atoms with Gasteiger partial charge in [-0.15, -0.1) is 0 Å². The second kappa shape index (κ2) is 6.49. The third kappa shape index (κ3) is 3.65. The van der Waals surface area contributed by atoms with E-state index in [-0.39, 0.29) is 18.3 Å². The third-order valence-corrected chi connectivity index (χ3v) is 3.39. The van der Waals surface area contributed by atoms with Gasteiger partial charge in [-0.25, -0.2) is 0 Å². The van der Waals surface area contributed by atoms with Crippen molar-refractivity contribution in [3.8, 4) is 5.75 Å². The number of likely N-dealkylation sites (tertiary alicyclic amines) is 1. The number of nitrogens with zero attached hydrogens (tertiary/aromatic N) is 2. The summed E-state index contributed by atoms with van der Waals surface area (Å²) in [5, 5.41) is 19.8. The molecule has 1 aliphatic rings. The Balaban J connectivity index is 1.82. The van der Waals surface area contributed by atoms with Crippen LogP contribution in [0.3, 0.4) is 0 Å². The first-order valence-corrected chi connectivity index (χ1v) is 6.43. The predicted molar refractivity (Wildman–Crippen MR) is 70.3 cm³/mol. The van der Waals surface area contributed by atoms with Crippen LogP contribution >= 0.6 is 0 Å². The van der Waals surface area contributed by atoms with Crippen LogP contribution in [0.25, 0.3) is 0 Å². The molecule has 1 fully saturated rings. The first kappa shape index (κ1) is 13.8. The molecule has 0 unspecified atom stereocenters. The topological polar surface area (TPSA) is 75.8 Å². The standard InChI is InChI=1S/C13H18N2O4/c16-10-12-4-2-6-14(12)7-8-19-13-5-1-3-11(9-13)15(17)18/h1,3,5,9,12,16H,2,4,6-8,10H2/t12-/m1/s1. The Morgan fingerprint density at radius 1 is 1.53 bits per heavy atom. The minimum atomic E-state index is -0.435. The molecule has 1 aromatic carbocycles. The highest BCUT2D eigenvalue weighted by atomic mass is 16.6. The maximum atomic E-state index is 10.6. The van der Waals surface area contributed by atoms with Crippen LogP contribution in [0.4, 0.5) is 5.69 Å². The highest BCUT2D eigenvalue weighted by Crippen LogP contribution is 2.20. The van der Waals surface area contributed by atoms with E-state index in [1.807, 2.05) is 0 Å². The van der Waals surface area contributed by atoms with Crippen molar-refractivity contribution in [1.82, 2.24) is 4.90 Å². The Morgan fingerprint density at radius 3 is 3.11 bits per heavy atom. The molecule has 0 aromatic heterocycles. The molecular weight excluding hydrogens is 248 g/mol. The highest BCUT2D eigenvalue weighted by Gasteiger charge is 2.23. The zero-order valence-electron chi connectivity index (χ0n) is 10.7. The van der Waals surface area contributed by atoms with Crippen LogP contribution in [0, 0.1) is 10.1 Å². The average molecular weight is 266 g/mol. The van der Waals surface area contributed by atoms with Gasteiger partial charge in [-0.2, -0.15) is 0 Å². The van der Waals surface area contributed by atoms with E-state index < -0.39 is 4.92 Å². The van der Waals surface area contributed by atoms with Crippen molar-refractivity contribution in [2.45, 2.75) is 18.9 Å². The van der Waals surface area contributed by atoms with Crippen LogP contribution in [0.2, 0.25) is 0 Å². The summed E-state index contributed by atoms with van der Waals surface area (Å²) in [6, 6.07) is 6.41. The number of non-ortho nitro benzene ring substituents is 1. The number of nitro groups is 1. The molecule has 1 atom stereocenters. The molecule has 0 amide bonds. The molecule has 0 saturated carbocycles. The van der Waals surface area contributed by atoms with Crippen LogP contribution in [0.15, 0.2) is 24.3 Å². The van der Waals surface area contributed by atoms with E-state index >= 15 is 0 Å². The van der Waals surface area contributed by atoms with Crippen molar-refractivity contribution in [2.24, 2.45) is 0 Å². The van der Waals surface area contributed by atoms with Crippen LogP contribution < -0.4 is 4.74 Å². The second-order valence-corrected chi connectivity index (χ2v) is 4.62. The number of hydrogen-bond acceptors (Lipinski definition) is 5. The zero-order chi connectivity index (χ0) is 13.7. The molecular formula is C13H18N2O4. The Bertz CT molecular complexity index is 438. The van der Waals surface area contributed by atoms with E-state index in [0.717, 1.165) is 25.9 Å². The molecule has 19 heavy (non-hydrogen) atoms. The number of benzene rings is 1. The first-order chi connectivity index (χ1) is 9.20. The summed E-state index contributed by atoms with van der Waals surface area (Å²) >= 11 is 0. The van der Waals surface area contributed by atoms with Gasteiger partial charge >= 0.3 is 0 Å². The minimum absolute atomic E-state index is 0.0342. The number of hydrogen-bond donors (Lipinski definition) is 1. The van der Waals surface area contributed by atoms with Crippen molar-refractivity contribution in [2.75, 3.05) is 26.3 Å². The molecule has 2 rings (SSSR count). The molecule has 1 heterocycles. The number of rotatable bonds is 6. The zero-order valence-corrected chi connectivity index (χ0v) is 10.7. The molecule has 1 N–H and O–H groups in total. The van der Waals surface area contributed by atoms with Gasteiger partial charge in [0.15, 0.2) is 0 Å². The molecule has 104 valence electrons. The molecule has 0 aliphatic carbocycles. The average Bonchev–Trinajstić information content (AvgIpc) is 2.86. The first-order valence-electron chi connectivity index (χ1n) is 6.43. The lowest BCUT2D eigenvalue weighted by atomic mass is 10.2. The number of aliphatic hydroxyl groups excluding tert-OH is 1. The summed E-state index contributed by atoms with van der Waals surface area (Å²) < 4.78 is 5.52. The third-order valence-electron chi connectivity index (χ3n) is 3.39. The SMILES string of the molecule is O=[N+]([O-])c1cccc(OCCN2CCC[C@@H]2CO)c1. The molecule has 6 nitrogen and oxygen atoms in total. The van der Waals surface area contributed by atoms with Gasteiger partial charge in [0, 0.05) is 18.7 Å². The van der Waals surface area contributed by atoms with E-state index in [2.05, 4.69) is 4.90 Å². The number of nitro benzene ring substituents is 1. The van der Waals surface area contributed by atoms with Gasteiger partial charge in [-0.05, 0) is 25.5 Å². The van der Waals surface area contributed by atoms with Gasteiger partial charge in [0.1, 0.15) is 12.4 Å². The minimum Gasteiger partial charge on any atom is -0.492 e. The van der Waals surface area contributed by atoms with E-state index in [9.17, 15) is 15.2 Å². The van der Waals surface area contributed by atoms with Gasteiger partial charge in [-0.1, -0.05) is 6.07 Å². The lowest BCUT2D eigenvalue weighted by molar-refractivity contribution is -0.384. The van der Waals surface area contributed by atoms with Gasteiger partial charge < -0.3 is 9.84 Å². The molecule has 1 aliphatic heterocycles. The van der Waals surface area contributed by atoms with Crippen molar-refractivity contribution in [1.29, 1.82) is 0 Å². The van der Waals surface area contributed by atoms with E-state index in [1.165, 1.54) is 12.1 Å². The summed E-state index contributed by atoms with van der Waals surface area (Å²) in [4.78, 5) is 12.4. The fourth-order valence-corrected chi connectivity index (χ4v) is 2.36. The van der Waals surface area contributed by atoms with Crippen molar-refractivity contribution < 1.29 is 14.8 Å². The summed E-state index contributed by atoms with van der Waals surface area (Å²) in [5.74, 6) is 0.508. The van der Waals surface area contributed by atoms with E-state index in [1.54, 1.807) is 12.1 Å². The maximum absolute atomic E-state index is 10.6. The van der Waals surface area contributed by atoms with Crippen molar-refractivity contribution in [3.63, 3.8) is 0 Å². The molecule has 0 bridgehead atoms. The summed E-state index contributed by atoms with van der Waals surface area (Å²) in [6.45, 7) is 2.35. The molecule has 1 saturated heterocycles. The lowest BCUT2D eigenvalue weighted by Gasteiger charge is -2.22. The largest absolute Gasteiger partial charge is 0.492 e. The second-order valence-electron chi connectivity index (χ2n) is 4.62. The van der Waals surface area contributed by atoms with Crippen molar-refractivity contribution >= 4 is 5.69 Å². The van der Waals surface area contributed by atoms with Crippen LogP contribution in [0.5, 0.6) is 5.75 Å². The highest BCUT2D eigenvalue weighted by molar-refractivity contribution is 5.37. The smallest absolute Gasteiger partial charge is 0.273 e. The van der Waals surface area contributed by atoms with Crippen LogP contribution in [-0.2, 0) is 0 Å². The Kier molecular flexibility index (Phi) is 4.70. The molecule has 0 radical (unpaired) electrons. The fourth-order valence-electron chi connectivity index (χ4n) is 2.36. The summed E-state index contributed by atoms with van der Waals surface area (Å²) in [5.41, 5.74) is 0.0342. The fraction of sp³-hybridized carbons (Fsp3) is 0.538. The number of aliphatic hydroxyl groups is 1. The quantitative estimate of drug-likeness (QED) is 0.622. The number of ether oxygens (including phenoxy) is 1. The monoisotopic (exact) mass is 266 g/mol. The van der Waals surface area contributed by atoms with E-state index in [4.69, 9.17) is 4.74 Å².